The summed E-state index contributed by atoms with van der Waals surface area (Å²) in [6, 6.07) is 15.9. The van der Waals surface area contributed by atoms with E-state index in [-0.39, 0.29) is 6.09 Å². The van der Waals surface area contributed by atoms with Gasteiger partial charge in [0, 0.05) is 19.5 Å². The first-order chi connectivity index (χ1) is 15.4. The second-order valence-corrected chi connectivity index (χ2v) is 9.01. The molecule has 6 nitrogen and oxygen atoms in total. The van der Waals surface area contributed by atoms with Crippen molar-refractivity contribution in [2.45, 2.75) is 51.6 Å². The molecule has 0 saturated carbocycles. The first kappa shape index (κ1) is 23.8. The van der Waals surface area contributed by atoms with E-state index in [4.69, 9.17) is 18.9 Å². The van der Waals surface area contributed by atoms with E-state index >= 15 is 0 Å². The summed E-state index contributed by atoms with van der Waals surface area (Å²) in [4.78, 5) is 14.0. The first-order valence-corrected chi connectivity index (χ1v) is 11.3. The van der Waals surface area contributed by atoms with E-state index in [1.165, 1.54) is 5.56 Å². The molecule has 0 N–H and O–H groups in total. The lowest BCUT2D eigenvalue weighted by Crippen LogP contribution is -2.41. The van der Waals surface area contributed by atoms with Gasteiger partial charge in [-0.1, -0.05) is 24.3 Å². The van der Waals surface area contributed by atoms with Crippen LogP contribution in [0.2, 0.25) is 0 Å². The Morgan fingerprint density at radius 3 is 2.19 bits per heavy atom. The van der Waals surface area contributed by atoms with Gasteiger partial charge in [0.15, 0.2) is 11.5 Å². The fraction of sp³-hybridized carbons (Fsp3) is 0.500. The number of piperidine rings is 1. The molecule has 1 amide bonds. The van der Waals surface area contributed by atoms with E-state index < -0.39 is 5.60 Å². The van der Waals surface area contributed by atoms with E-state index in [0.717, 1.165) is 49.6 Å². The third-order valence-electron chi connectivity index (χ3n) is 5.38. The maximum Gasteiger partial charge on any atom is 0.410 e. The fourth-order valence-corrected chi connectivity index (χ4v) is 3.73. The van der Waals surface area contributed by atoms with Crippen LogP contribution in [-0.2, 0) is 4.74 Å². The number of carbonyl (C=O) groups excluding carboxylic acids is 1. The zero-order chi connectivity index (χ0) is 23.0. The van der Waals surface area contributed by atoms with Crippen LogP contribution in [-0.4, -0.2) is 50.0 Å². The zero-order valence-corrected chi connectivity index (χ0v) is 19.6. The summed E-state index contributed by atoms with van der Waals surface area (Å²) < 4.78 is 22.4. The van der Waals surface area contributed by atoms with Gasteiger partial charge in [-0.25, -0.2) is 4.79 Å². The normalized spacial score (nSPS) is 14.7. The highest BCUT2D eigenvalue weighted by Crippen LogP contribution is 2.30. The molecule has 0 unspecified atom stereocenters. The van der Waals surface area contributed by atoms with Gasteiger partial charge in [-0.2, -0.15) is 0 Å². The molecule has 1 heterocycles. The largest absolute Gasteiger partial charge is 0.493 e. The summed E-state index contributed by atoms with van der Waals surface area (Å²) >= 11 is 0. The molecule has 3 rings (SSSR count). The average Bonchev–Trinajstić information content (AvgIpc) is 2.78. The van der Waals surface area contributed by atoms with E-state index in [1.54, 1.807) is 7.11 Å². The van der Waals surface area contributed by atoms with Gasteiger partial charge in [0.05, 0.1) is 20.3 Å². The van der Waals surface area contributed by atoms with Crippen LogP contribution < -0.4 is 14.2 Å². The second kappa shape index (κ2) is 11.1. The maximum atomic E-state index is 12.2. The Kier molecular flexibility index (Phi) is 8.26. The number of carbonyl (C=O) groups is 1. The van der Waals surface area contributed by atoms with Crippen LogP contribution in [0, 0.1) is 0 Å². The van der Waals surface area contributed by atoms with Crippen LogP contribution in [0.4, 0.5) is 4.79 Å². The van der Waals surface area contributed by atoms with Crippen LogP contribution in [0.5, 0.6) is 17.2 Å². The maximum absolute atomic E-state index is 12.2. The molecule has 0 atom stereocenters. The van der Waals surface area contributed by atoms with Gasteiger partial charge in [0.1, 0.15) is 11.4 Å². The standard InChI is InChI=1S/C26H35NO5/c1-26(2,3)32-25(28)27-16-14-21(15-17-27)20-10-12-22(13-11-20)30-18-7-19-31-24-9-6-5-8-23(24)29-4/h5-6,8-13,21H,7,14-19H2,1-4H3. The Hall–Kier alpha value is -2.89. The lowest BCUT2D eigenvalue weighted by molar-refractivity contribution is 0.0205. The van der Waals surface area contributed by atoms with Crippen molar-refractivity contribution in [1.82, 2.24) is 4.90 Å². The molecule has 0 aliphatic carbocycles. The van der Waals surface area contributed by atoms with E-state index in [9.17, 15) is 4.79 Å². The molecule has 1 aliphatic rings. The second-order valence-electron chi connectivity index (χ2n) is 9.01. The number of likely N-dealkylation sites (tertiary alicyclic amines) is 1. The van der Waals surface area contributed by atoms with Crippen LogP contribution >= 0.6 is 0 Å². The monoisotopic (exact) mass is 441 g/mol. The van der Waals surface area contributed by atoms with E-state index in [1.807, 2.05) is 62.1 Å². The minimum Gasteiger partial charge on any atom is -0.493 e. The highest BCUT2D eigenvalue weighted by Gasteiger charge is 2.27. The Morgan fingerprint density at radius 1 is 0.938 bits per heavy atom. The molecular weight excluding hydrogens is 406 g/mol. The van der Waals surface area contributed by atoms with Crippen LogP contribution in [0.3, 0.4) is 0 Å². The molecular formula is C26H35NO5. The SMILES string of the molecule is COc1ccccc1OCCCOc1ccc(C2CCN(C(=O)OC(C)(C)C)CC2)cc1. The fourth-order valence-electron chi connectivity index (χ4n) is 3.73. The van der Waals surface area contributed by atoms with Crippen LogP contribution in [0.15, 0.2) is 48.5 Å². The van der Waals surface area contributed by atoms with Gasteiger partial charge in [0.2, 0.25) is 0 Å². The molecule has 1 saturated heterocycles. The Bertz CT molecular complexity index is 851. The topological polar surface area (TPSA) is 57.2 Å². The summed E-state index contributed by atoms with van der Waals surface area (Å²) in [5.74, 6) is 2.80. The van der Waals surface area contributed by atoms with Crippen molar-refractivity contribution in [3.63, 3.8) is 0 Å². The molecule has 0 aromatic heterocycles. The van der Waals surface area contributed by atoms with Crippen LogP contribution in [0.25, 0.3) is 0 Å². The lowest BCUT2D eigenvalue weighted by atomic mass is 9.89. The number of nitrogens with zero attached hydrogens (tertiary/aromatic N) is 1. The third-order valence-corrected chi connectivity index (χ3v) is 5.38. The Morgan fingerprint density at radius 2 is 1.56 bits per heavy atom. The quantitative estimate of drug-likeness (QED) is 0.495. The Labute approximate surface area is 191 Å². The number of ether oxygens (including phenoxy) is 4. The number of rotatable bonds is 8. The predicted molar refractivity (Wildman–Crippen MR) is 125 cm³/mol. The summed E-state index contributed by atoms with van der Waals surface area (Å²) in [7, 11) is 1.64. The van der Waals surface area contributed by atoms with Gasteiger partial charge in [-0.15, -0.1) is 0 Å². The van der Waals surface area contributed by atoms with Crippen molar-refractivity contribution in [3.8, 4) is 17.2 Å². The number of amides is 1. The van der Waals surface area contributed by atoms with Crippen molar-refractivity contribution in [1.29, 1.82) is 0 Å². The number of hydrogen-bond acceptors (Lipinski definition) is 5. The first-order valence-electron chi connectivity index (χ1n) is 11.3. The van der Waals surface area contributed by atoms with E-state index in [2.05, 4.69) is 12.1 Å². The van der Waals surface area contributed by atoms with Gasteiger partial charge < -0.3 is 23.8 Å². The highest BCUT2D eigenvalue weighted by molar-refractivity contribution is 5.68. The molecule has 1 aliphatic heterocycles. The molecule has 32 heavy (non-hydrogen) atoms. The van der Waals surface area contributed by atoms with Gasteiger partial charge >= 0.3 is 6.09 Å². The molecule has 1 fully saturated rings. The number of para-hydroxylation sites is 2. The summed E-state index contributed by atoms with van der Waals surface area (Å²) in [5.41, 5.74) is 0.838. The van der Waals surface area contributed by atoms with Crippen molar-refractivity contribution < 1.29 is 23.7 Å². The summed E-state index contributed by atoms with van der Waals surface area (Å²) in [6.45, 7) is 8.30. The molecule has 2 aromatic carbocycles. The molecule has 6 heteroatoms. The minimum atomic E-state index is -0.454. The number of methoxy groups -OCH3 is 1. The molecule has 174 valence electrons. The van der Waals surface area contributed by atoms with Crippen molar-refractivity contribution in [2.75, 3.05) is 33.4 Å². The zero-order valence-electron chi connectivity index (χ0n) is 19.6. The number of hydrogen-bond donors (Lipinski definition) is 0. The Balaban J connectivity index is 1.38. The molecule has 0 bridgehead atoms. The minimum absolute atomic E-state index is 0.214. The molecule has 2 aromatic rings. The van der Waals surface area contributed by atoms with Gasteiger partial charge in [-0.05, 0) is 69.4 Å². The lowest BCUT2D eigenvalue weighted by Gasteiger charge is -2.33. The number of benzene rings is 2. The van der Waals surface area contributed by atoms with Crippen molar-refractivity contribution >= 4 is 6.09 Å². The van der Waals surface area contributed by atoms with Gasteiger partial charge in [0.25, 0.3) is 0 Å². The molecule has 0 radical (unpaired) electrons. The van der Waals surface area contributed by atoms with Crippen molar-refractivity contribution in [3.05, 3.63) is 54.1 Å². The average molecular weight is 442 g/mol. The summed E-state index contributed by atoms with van der Waals surface area (Å²) in [6.07, 6.45) is 2.46. The van der Waals surface area contributed by atoms with Gasteiger partial charge in [-0.3, -0.25) is 0 Å². The smallest absolute Gasteiger partial charge is 0.410 e. The molecule has 0 spiro atoms. The highest BCUT2D eigenvalue weighted by atomic mass is 16.6. The predicted octanol–water partition coefficient (Wildman–Crippen LogP) is 5.66. The van der Waals surface area contributed by atoms with E-state index in [0.29, 0.717) is 19.1 Å². The van der Waals surface area contributed by atoms with Crippen LogP contribution in [0.1, 0.15) is 51.5 Å². The van der Waals surface area contributed by atoms with Crippen molar-refractivity contribution in [2.24, 2.45) is 0 Å². The third kappa shape index (κ3) is 7.08. The summed E-state index contributed by atoms with van der Waals surface area (Å²) in [5, 5.41) is 0.